The summed E-state index contributed by atoms with van der Waals surface area (Å²) in [6.07, 6.45) is 4.59. The summed E-state index contributed by atoms with van der Waals surface area (Å²) in [5.41, 5.74) is 2.62. The highest BCUT2D eigenvalue weighted by molar-refractivity contribution is 7.92. The highest BCUT2D eigenvalue weighted by atomic mass is 32.2. The molecule has 0 aromatic heterocycles. The van der Waals surface area contributed by atoms with Crippen molar-refractivity contribution >= 4 is 21.6 Å². The lowest BCUT2D eigenvalue weighted by Crippen LogP contribution is -2.49. The van der Waals surface area contributed by atoms with Crippen LogP contribution in [0.2, 0.25) is 0 Å². The van der Waals surface area contributed by atoms with Gasteiger partial charge >= 0.3 is 0 Å². The first-order chi connectivity index (χ1) is 11.2. The van der Waals surface area contributed by atoms with Crippen LogP contribution < -0.4 is 9.62 Å². The molecule has 0 aliphatic heterocycles. The Morgan fingerprint density at radius 3 is 2.33 bits per heavy atom. The van der Waals surface area contributed by atoms with Gasteiger partial charge in [0.2, 0.25) is 15.9 Å². The van der Waals surface area contributed by atoms with Crippen LogP contribution in [0, 0.1) is 13.8 Å². The molecule has 0 unspecified atom stereocenters. The number of aryl methyl sites for hydroxylation is 2. The second-order valence-electron chi connectivity index (χ2n) is 6.25. The molecule has 0 heterocycles. The predicted octanol–water partition coefficient (Wildman–Crippen LogP) is 3.15. The lowest BCUT2D eigenvalue weighted by molar-refractivity contribution is -0.122. The maximum atomic E-state index is 12.5. The van der Waals surface area contributed by atoms with Crippen molar-refractivity contribution in [3.63, 3.8) is 0 Å². The minimum absolute atomic E-state index is 0.239. The number of anilines is 1. The number of unbranched alkanes of at least 4 members (excludes halogenated alkanes) is 2. The van der Waals surface area contributed by atoms with E-state index in [0.717, 1.165) is 36.6 Å². The topological polar surface area (TPSA) is 66.5 Å². The largest absolute Gasteiger partial charge is 0.354 e. The van der Waals surface area contributed by atoms with E-state index in [4.69, 9.17) is 0 Å². The van der Waals surface area contributed by atoms with Gasteiger partial charge in [0, 0.05) is 6.54 Å². The third kappa shape index (κ3) is 5.51. The van der Waals surface area contributed by atoms with Crippen molar-refractivity contribution in [3.05, 3.63) is 29.3 Å². The third-order valence-corrected chi connectivity index (χ3v) is 5.33. The molecule has 136 valence electrons. The van der Waals surface area contributed by atoms with E-state index in [1.54, 1.807) is 6.07 Å². The van der Waals surface area contributed by atoms with Crippen LogP contribution in [0.25, 0.3) is 0 Å². The number of carbonyl (C=O) groups is 1. The van der Waals surface area contributed by atoms with Crippen LogP contribution in [0.1, 0.15) is 50.7 Å². The Balaban J connectivity index is 3.08. The van der Waals surface area contributed by atoms with Crippen molar-refractivity contribution in [3.8, 4) is 0 Å². The first kappa shape index (κ1) is 20.5. The van der Waals surface area contributed by atoms with E-state index in [1.165, 1.54) is 4.31 Å². The quantitative estimate of drug-likeness (QED) is 0.693. The first-order valence-corrected chi connectivity index (χ1v) is 10.4. The fourth-order valence-electron chi connectivity index (χ4n) is 2.63. The number of sulfonamides is 1. The van der Waals surface area contributed by atoms with Gasteiger partial charge < -0.3 is 5.32 Å². The van der Waals surface area contributed by atoms with Gasteiger partial charge in [0.25, 0.3) is 0 Å². The molecule has 0 spiro atoms. The van der Waals surface area contributed by atoms with Gasteiger partial charge in [0.05, 0.1) is 11.9 Å². The summed E-state index contributed by atoms with van der Waals surface area (Å²) in [6, 6.07) is 4.73. The molecule has 1 atom stereocenters. The number of nitrogens with zero attached hydrogens (tertiary/aromatic N) is 1. The van der Waals surface area contributed by atoms with Crippen LogP contribution in [0.4, 0.5) is 5.69 Å². The molecular weight excluding hydrogens is 324 g/mol. The molecule has 0 fully saturated rings. The molecule has 1 aromatic rings. The number of nitrogens with one attached hydrogen (secondary N) is 1. The van der Waals surface area contributed by atoms with Crippen molar-refractivity contribution in [1.82, 2.24) is 5.32 Å². The van der Waals surface area contributed by atoms with Gasteiger partial charge in [0.1, 0.15) is 6.04 Å². The lowest BCUT2D eigenvalue weighted by Gasteiger charge is -2.30. The zero-order valence-corrected chi connectivity index (χ0v) is 16.2. The SMILES string of the molecule is CCCCCNC(=O)[C@H](CC)N(c1ccc(C)c(C)c1)S(C)(=O)=O. The minimum atomic E-state index is -3.57. The van der Waals surface area contributed by atoms with Crippen molar-refractivity contribution in [2.45, 2.75) is 59.4 Å². The fourth-order valence-corrected chi connectivity index (χ4v) is 3.83. The Morgan fingerprint density at radius 2 is 1.83 bits per heavy atom. The number of amides is 1. The fraction of sp³-hybridized carbons (Fsp3) is 0.611. The first-order valence-electron chi connectivity index (χ1n) is 8.56. The van der Waals surface area contributed by atoms with Crippen LogP contribution in [-0.2, 0) is 14.8 Å². The lowest BCUT2D eigenvalue weighted by atomic mass is 10.1. The van der Waals surface area contributed by atoms with Gasteiger partial charge in [-0.25, -0.2) is 8.42 Å². The van der Waals surface area contributed by atoms with Crippen LogP contribution in [0.3, 0.4) is 0 Å². The third-order valence-electron chi connectivity index (χ3n) is 4.15. The van der Waals surface area contributed by atoms with E-state index in [1.807, 2.05) is 32.9 Å². The monoisotopic (exact) mass is 354 g/mol. The molecule has 0 radical (unpaired) electrons. The van der Waals surface area contributed by atoms with Crippen LogP contribution in [-0.4, -0.2) is 33.2 Å². The summed E-state index contributed by atoms with van der Waals surface area (Å²) in [7, 11) is -3.57. The minimum Gasteiger partial charge on any atom is -0.354 e. The average molecular weight is 355 g/mol. The molecule has 1 N–H and O–H groups in total. The van der Waals surface area contributed by atoms with Gasteiger partial charge in [-0.05, 0) is 49.9 Å². The van der Waals surface area contributed by atoms with Crippen LogP contribution in [0.15, 0.2) is 18.2 Å². The van der Waals surface area contributed by atoms with E-state index in [9.17, 15) is 13.2 Å². The molecule has 0 aliphatic rings. The molecule has 0 saturated heterocycles. The van der Waals surface area contributed by atoms with E-state index in [0.29, 0.717) is 18.7 Å². The molecule has 1 aromatic carbocycles. The standard InChI is InChI=1S/C18H30N2O3S/c1-6-8-9-12-19-18(21)17(7-2)20(24(5,22)23)16-11-10-14(3)15(4)13-16/h10-11,13,17H,6-9,12H2,1-5H3,(H,19,21)/t17-/m0/s1. The molecule has 0 saturated carbocycles. The summed E-state index contributed by atoms with van der Waals surface area (Å²) in [4.78, 5) is 12.5. The Hall–Kier alpha value is -1.56. The van der Waals surface area contributed by atoms with Crippen molar-refractivity contribution in [2.75, 3.05) is 17.1 Å². The number of hydrogen-bond donors (Lipinski definition) is 1. The summed E-state index contributed by atoms with van der Waals surface area (Å²) in [6.45, 7) is 8.41. The Labute approximate surface area is 146 Å². The number of carbonyl (C=O) groups excluding carboxylic acids is 1. The Bertz CT molecular complexity index is 656. The van der Waals surface area contributed by atoms with E-state index >= 15 is 0 Å². The molecule has 24 heavy (non-hydrogen) atoms. The molecule has 0 aliphatic carbocycles. The number of benzene rings is 1. The van der Waals surface area contributed by atoms with Gasteiger partial charge in [0.15, 0.2) is 0 Å². The van der Waals surface area contributed by atoms with Crippen molar-refractivity contribution in [1.29, 1.82) is 0 Å². The number of hydrogen-bond acceptors (Lipinski definition) is 3. The summed E-state index contributed by atoms with van der Waals surface area (Å²) in [5.74, 6) is -0.239. The average Bonchev–Trinajstić information content (AvgIpc) is 2.50. The maximum Gasteiger partial charge on any atom is 0.243 e. The normalized spacial score (nSPS) is 12.7. The summed E-state index contributed by atoms with van der Waals surface area (Å²) >= 11 is 0. The van der Waals surface area contributed by atoms with Crippen LogP contribution >= 0.6 is 0 Å². The van der Waals surface area contributed by atoms with Gasteiger partial charge in [-0.2, -0.15) is 0 Å². The molecule has 1 amide bonds. The molecule has 5 nitrogen and oxygen atoms in total. The second kappa shape index (κ2) is 9.06. The van der Waals surface area contributed by atoms with E-state index in [-0.39, 0.29) is 5.91 Å². The van der Waals surface area contributed by atoms with E-state index < -0.39 is 16.1 Å². The molecular formula is C18H30N2O3S. The summed E-state index contributed by atoms with van der Waals surface area (Å²) in [5, 5.41) is 2.87. The zero-order chi connectivity index (χ0) is 18.3. The van der Waals surface area contributed by atoms with Gasteiger partial charge in [-0.1, -0.05) is 32.8 Å². The highest BCUT2D eigenvalue weighted by Gasteiger charge is 2.31. The predicted molar refractivity (Wildman–Crippen MR) is 99.9 cm³/mol. The molecule has 0 bridgehead atoms. The smallest absolute Gasteiger partial charge is 0.243 e. The van der Waals surface area contributed by atoms with Crippen molar-refractivity contribution < 1.29 is 13.2 Å². The molecule has 6 heteroatoms. The van der Waals surface area contributed by atoms with E-state index in [2.05, 4.69) is 12.2 Å². The van der Waals surface area contributed by atoms with Gasteiger partial charge in [-0.3, -0.25) is 9.10 Å². The second-order valence-corrected chi connectivity index (χ2v) is 8.11. The molecule has 1 rings (SSSR count). The Morgan fingerprint density at radius 1 is 1.17 bits per heavy atom. The van der Waals surface area contributed by atoms with Crippen molar-refractivity contribution in [2.24, 2.45) is 0 Å². The number of rotatable bonds is 9. The highest BCUT2D eigenvalue weighted by Crippen LogP contribution is 2.25. The zero-order valence-electron chi connectivity index (χ0n) is 15.4. The Kier molecular flexibility index (Phi) is 7.73. The van der Waals surface area contributed by atoms with Gasteiger partial charge in [-0.15, -0.1) is 0 Å². The summed E-state index contributed by atoms with van der Waals surface area (Å²) < 4.78 is 26.0. The van der Waals surface area contributed by atoms with Crippen LogP contribution in [0.5, 0.6) is 0 Å². The maximum absolute atomic E-state index is 12.5.